The van der Waals surface area contributed by atoms with Gasteiger partial charge in [0.2, 0.25) is 5.95 Å². The molecule has 184 valence electrons. The molecule has 1 saturated heterocycles. The third-order valence-electron chi connectivity index (χ3n) is 5.84. The summed E-state index contributed by atoms with van der Waals surface area (Å²) in [7, 11) is -3.43. The molecule has 10 nitrogen and oxygen atoms in total. The SMILES string of the molecule is CCN1CCCN(CCNc2nccc(-c3c(-c4ccc(Cl)c(O)c4)nc4sccn34)n2)S1(=O)=O. The van der Waals surface area contributed by atoms with E-state index in [2.05, 4.69) is 15.3 Å². The maximum absolute atomic E-state index is 12.7. The van der Waals surface area contributed by atoms with Crippen LogP contribution in [0.3, 0.4) is 0 Å². The van der Waals surface area contributed by atoms with Crippen LogP contribution in [0.5, 0.6) is 5.75 Å². The number of nitrogens with one attached hydrogen (secondary N) is 1. The minimum absolute atomic E-state index is 0.0224. The summed E-state index contributed by atoms with van der Waals surface area (Å²) in [6, 6.07) is 6.80. The van der Waals surface area contributed by atoms with E-state index in [9.17, 15) is 13.5 Å². The lowest BCUT2D eigenvalue weighted by Crippen LogP contribution is -2.50. The molecular formula is C22H24ClN7O3S2. The predicted octanol–water partition coefficient (Wildman–Crippen LogP) is 3.56. The molecule has 0 radical (unpaired) electrons. The highest BCUT2D eigenvalue weighted by Crippen LogP contribution is 2.36. The van der Waals surface area contributed by atoms with Crippen molar-refractivity contribution in [3.8, 4) is 28.4 Å². The van der Waals surface area contributed by atoms with Crippen molar-refractivity contribution >= 4 is 44.1 Å². The molecule has 1 aromatic carbocycles. The first kappa shape index (κ1) is 23.9. The number of aromatic hydroxyl groups is 1. The Labute approximate surface area is 212 Å². The van der Waals surface area contributed by atoms with E-state index in [1.54, 1.807) is 30.5 Å². The monoisotopic (exact) mass is 533 g/mol. The Morgan fingerprint density at radius 3 is 2.83 bits per heavy atom. The molecule has 0 spiro atoms. The minimum Gasteiger partial charge on any atom is -0.506 e. The third-order valence-corrected chi connectivity index (χ3v) is 9.03. The van der Waals surface area contributed by atoms with Crippen molar-refractivity contribution in [1.82, 2.24) is 28.0 Å². The van der Waals surface area contributed by atoms with Gasteiger partial charge < -0.3 is 10.4 Å². The second-order valence-electron chi connectivity index (χ2n) is 7.98. The van der Waals surface area contributed by atoms with Crippen molar-refractivity contribution in [1.29, 1.82) is 0 Å². The zero-order valence-corrected chi connectivity index (χ0v) is 21.3. The molecule has 0 aliphatic carbocycles. The highest BCUT2D eigenvalue weighted by Gasteiger charge is 2.31. The Kier molecular flexibility index (Phi) is 6.64. The van der Waals surface area contributed by atoms with Crippen LogP contribution in [0.2, 0.25) is 5.02 Å². The fourth-order valence-corrected chi connectivity index (χ4v) is 6.65. The first-order valence-electron chi connectivity index (χ1n) is 11.2. The van der Waals surface area contributed by atoms with Crippen LogP contribution in [0.25, 0.3) is 27.6 Å². The summed E-state index contributed by atoms with van der Waals surface area (Å²) in [6.45, 7) is 4.07. The van der Waals surface area contributed by atoms with Gasteiger partial charge in [0.05, 0.1) is 16.4 Å². The number of nitrogens with zero attached hydrogens (tertiary/aromatic N) is 6. The number of phenolic OH excluding ortho intramolecular Hbond substituents is 1. The largest absolute Gasteiger partial charge is 0.506 e. The van der Waals surface area contributed by atoms with Gasteiger partial charge in [-0.3, -0.25) is 4.40 Å². The average molecular weight is 534 g/mol. The Balaban J connectivity index is 1.40. The molecule has 5 rings (SSSR count). The lowest BCUT2D eigenvalue weighted by atomic mass is 10.1. The Morgan fingerprint density at radius 2 is 2.03 bits per heavy atom. The van der Waals surface area contributed by atoms with Crippen molar-refractivity contribution in [2.45, 2.75) is 13.3 Å². The number of aromatic nitrogens is 4. The Bertz CT molecular complexity index is 1470. The quantitative estimate of drug-likeness (QED) is 0.373. The van der Waals surface area contributed by atoms with Crippen LogP contribution >= 0.6 is 22.9 Å². The van der Waals surface area contributed by atoms with E-state index in [4.69, 9.17) is 16.6 Å². The molecule has 1 aliphatic rings. The number of imidazole rings is 1. The van der Waals surface area contributed by atoms with E-state index in [0.29, 0.717) is 55.6 Å². The predicted molar refractivity (Wildman–Crippen MR) is 137 cm³/mol. The van der Waals surface area contributed by atoms with E-state index >= 15 is 0 Å². The van der Waals surface area contributed by atoms with Gasteiger partial charge in [0, 0.05) is 56.1 Å². The number of hydrogen-bond donors (Lipinski definition) is 2. The smallest absolute Gasteiger partial charge is 0.282 e. The number of phenols is 1. The van der Waals surface area contributed by atoms with E-state index < -0.39 is 10.2 Å². The summed E-state index contributed by atoms with van der Waals surface area (Å²) in [5.74, 6) is 0.366. The van der Waals surface area contributed by atoms with Gasteiger partial charge in [0.1, 0.15) is 11.4 Å². The van der Waals surface area contributed by atoms with Crippen molar-refractivity contribution in [2.24, 2.45) is 0 Å². The minimum atomic E-state index is -3.43. The van der Waals surface area contributed by atoms with Gasteiger partial charge in [0.25, 0.3) is 10.2 Å². The fraction of sp³-hybridized carbons (Fsp3) is 0.318. The molecule has 13 heteroatoms. The van der Waals surface area contributed by atoms with Gasteiger partial charge in [-0.25, -0.2) is 15.0 Å². The van der Waals surface area contributed by atoms with Crippen molar-refractivity contribution in [2.75, 3.05) is 38.0 Å². The number of fused-ring (bicyclic) bond motifs is 1. The van der Waals surface area contributed by atoms with Gasteiger partial charge in [-0.05, 0) is 24.6 Å². The highest BCUT2D eigenvalue weighted by atomic mass is 35.5. The van der Waals surface area contributed by atoms with Crippen LogP contribution in [0.4, 0.5) is 5.95 Å². The molecule has 35 heavy (non-hydrogen) atoms. The Morgan fingerprint density at radius 1 is 1.20 bits per heavy atom. The highest BCUT2D eigenvalue weighted by molar-refractivity contribution is 7.86. The standard InChI is InChI=1S/C22H24ClN7O3S2/c1-2-28-9-3-10-29(35(28,32)33)11-8-25-21-24-7-6-17(26-21)20-19(27-22-30(20)12-13-34-22)15-4-5-16(23)18(31)14-15/h4-7,12-14,31H,2-3,8-11H2,1H3,(H,24,25,26). The number of hydrogen-bond acceptors (Lipinski definition) is 8. The van der Waals surface area contributed by atoms with Gasteiger partial charge in [-0.2, -0.15) is 17.0 Å². The summed E-state index contributed by atoms with van der Waals surface area (Å²) in [5, 5.41) is 15.5. The maximum atomic E-state index is 12.7. The molecule has 1 aliphatic heterocycles. The van der Waals surface area contributed by atoms with Crippen LogP contribution in [0, 0.1) is 0 Å². The fourth-order valence-electron chi connectivity index (χ4n) is 4.13. The van der Waals surface area contributed by atoms with E-state index in [-0.39, 0.29) is 10.8 Å². The maximum Gasteiger partial charge on any atom is 0.282 e. The molecule has 2 N–H and O–H groups in total. The molecular weight excluding hydrogens is 510 g/mol. The first-order valence-corrected chi connectivity index (χ1v) is 13.8. The zero-order valence-electron chi connectivity index (χ0n) is 18.9. The van der Waals surface area contributed by atoms with E-state index in [0.717, 1.165) is 17.1 Å². The molecule has 0 saturated carbocycles. The summed E-state index contributed by atoms with van der Waals surface area (Å²) in [5.41, 5.74) is 2.76. The molecule has 4 heterocycles. The third kappa shape index (κ3) is 4.59. The van der Waals surface area contributed by atoms with Crippen LogP contribution in [0.15, 0.2) is 42.0 Å². The second-order valence-corrected chi connectivity index (χ2v) is 11.2. The number of rotatable bonds is 7. The van der Waals surface area contributed by atoms with Gasteiger partial charge in [-0.15, -0.1) is 11.3 Å². The number of thiazole rings is 1. The molecule has 0 atom stereocenters. The molecule has 0 unspecified atom stereocenters. The lowest BCUT2D eigenvalue weighted by molar-refractivity contribution is 0.295. The van der Waals surface area contributed by atoms with Gasteiger partial charge in [-0.1, -0.05) is 24.6 Å². The van der Waals surface area contributed by atoms with Crippen LogP contribution in [-0.2, 0) is 10.2 Å². The van der Waals surface area contributed by atoms with Gasteiger partial charge in [0.15, 0.2) is 4.96 Å². The topological polar surface area (TPSA) is 116 Å². The molecule has 0 bridgehead atoms. The molecule has 1 fully saturated rings. The number of halogens is 1. The van der Waals surface area contributed by atoms with Crippen molar-refractivity contribution in [3.63, 3.8) is 0 Å². The van der Waals surface area contributed by atoms with Crippen LogP contribution < -0.4 is 5.32 Å². The molecule has 3 aromatic heterocycles. The van der Waals surface area contributed by atoms with E-state index in [1.165, 1.54) is 19.9 Å². The van der Waals surface area contributed by atoms with Crippen LogP contribution in [0.1, 0.15) is 13.3 Å². The lowest BCUT2D eigenvalue weighted by Gasteiger charge is -2.33. The van der Waals surface area contributed by atoms with Crippen molar-refractivity contribution < 1.29 is 13.5 Å². The Hall–Kier alpha value is -2.77. The summed E-state index contributed by atoms with van der Waals surface area (Å²) in [4.78, 5) is 14.5. The normalized spacial score (nSPS) is 16.6. The number of benzene rings is 1. The van der Waals surface area contributed by atoms with Crippen molar-refractivity contribution in [3.05, 3.63) is 47.1 Å². The first-order chi connectivity index (χ1) is 16.9. The average Bonchev–Trinajstić information content (AvgIpc) is 3.43. The summed E-state index contributed by atoms with van der Waals surface area (Å²) >= 11 is 7.49. The summed E-state index contributed by atoms with van der Waals surface area (Å²) in [6.07, 6.45) is 4.37. The van der Waals surface area contributed by atoms with Crippen LogP contribution in [-0.4, -0.2) is 74.2 Å². The van der Waals surface area contributed by atoms with E-state index in [1.807, 2.05) is 22.9 Å². The molecule has 4 aromatic rings. The molecule has 0 amide bonds. The second kappa shape index (κ2) is 9.70. The van der Waals surface area contributed by atoms with Gasteiger partial charge >= 0.3 is 0 Å². The summed E-state index contributed by atoms with van der Waals surface area (Å²) < 4.78 is 30.3. The zero-order chi connectivity index (χ0) is 24.6. The number of anilines is 1.